The molecule has 0 atom stereocenters. The Bertz CT molecular complexity index is 1040. The van der Waals surface area contributed by atoms with Crippen LogP contribution in [-0.4, -0.2) is 77.0 Å². The average Bonchev–Trinajstić information content (AvgIpc) is 2.83. The van der Waals surface area contributed by atoms with Gasteiger partial charge in [-0.2, -0.15) is 0 Å². The molecular weight excluding hydrogens is 581 g/mol. The maximum atomic E-state index is 11.5. The van der Waals surface area contributed by atoms with Crippen LogP contribution in [0.5, 0.6) is 23.0 Å². The van der Waals surface area contributed by atoms with Crippen LogP contribution in [0, 0.1) is 0 Å². The number of anilines is 2. The van der Waals surface area contributed by atoms with Crippen molar-refractivity contribution in [3.63, 3.8) is 0 Å². The van der Waals surface area contributed by atoms with Gasteiger partial charge < -0.3 is 28.7 Å². The Morgan fingerprint density at radius 1 is 0.865 bits per heavy atom. The first kappa shape index (κ1) is 33.3. The van der Waals surface area contributed by atoms with Gasteiger partial charge in [-0.1, -0.05) is 0 Å². The van der Waals surface area contributed by atoms with Crippen LogP contribution in [-0.2, 0) is 4.79 Å². The van der Waals surface area contributed by atoms with Gasteiger partial charge in [0.05, 0.1) is 44.2 Å². The highest BCUT2D eigenvalue weighted by atomic mass is 35.8. The molecular formula is C24H31AlCl4N2O6. The summed E-state index contributed by atoms with van der Waals surface area (Å²) in [5.74, 6) is 3.10. The molecule has 0 aromatic heterocycles. The van der Waals surface area contributed by atoms with E-state index >= 15 is 0 Å². The van der Waals surface area contributed by atoms with Gasteiger partial charge >= 0.3 is 11.4 Å². The smallest absolute Gasteiger partial charge is 0.497 e. The molecule has 0 bridgehead atoms. The van der Waals surface area contributed by atoms with Crippen LogP contribution >= 0.6 is 41.7 Å². The number of Topliss-reactive ketones (excluding diaryl/α,β-unsaturated/α-hetero) is 1. The van der Waals surface area contributed by atoms with E-state index in [4.69, 9.17) is 49.1 Å². The molecule has 37 heavy (non-hydrogen) atoms. The van der Waals surface area contributed by atoms with Crippen molar-refractivity contribution in [3.8, 4) is 23.0 Å². The van der Waals surface area contributed by atoms with Crippen molar-refractivity contribution < 1.29 is 28.5 Å². The van der Waals surface area contributed by atoms with E-state index in [0.29, 0.717) is 17.9 Å². The monoisotopic (exact) mass is 610 g/mol. The van der Waals surface area contributed by atoms with E-state index in [1.165, 1.54) is 13.8 Å². The molecule has 0 aliphatic carbocycles. The van der Waals surface area contributed by atoms with Crippen molar-refractivity contribution in [1.82, 2.24) is 0 Å². The van der Waals surface area contributed by atoms with Crippen LogP contribution in [0.1, 0.15) is 24.2 Å². The molecule has 2 heterocycles. The molecule has 0 saturated heterocycles. The Morgan fingerprint density at radius 2 is 1.35 bits per heavy atom. The normalized spacial score (nSPS) is 12.7. The lowest BCUT2D eigenvalue weighted by molar-refractivity contribution is -0.109. The second kappa shape index (κ2) is 17.0. The number of ketones is 1. The van der Waals surface area contributed by atoms with Crippen LogP contribution < -0.4 is 28.7 Å². The summed E-state index contributed by atoms with van der Waals surface area (Å²) in [7, 11) is 22.1. The third-order valence-corrected chi connectivity index (χ3v) is 5.02. The minimum atomic E-state index is -1.72. The molecule has 204 valence electrons. The molecule has 0 amide bonds. The van der Waals surface area contributed by atoms with Crippen molar-refractivity contribution in [1.29, 1.82) is 0 Å². The molecule has 13 heteroatoms. The second-order valence-electron chi connectivity index (χ2n) is 7.67. The van der Waals surface area contributed by atoms with Crippen LogP contribution in [0.4, 0.5) is 11.4 Å². The summed E-state index contributed by atoms with van der Waals surface area (Å²) in [6, 6.07) is 9.50. The summed E-state index contributed by atoms with van der Waals surface area (Å²) in [4.78, 5) is 24.9. The summed E-state index contributed by atoms with van der Waals surface area (Å²) in [5, 5.41) is -0.361. The van der Waals surface area contributed by atoms with Crippen molar-refractivity contribution in [2.75, 3.05) is 64.4 Å². The molecule has 2 aliphatic heterocycles. The summed E-state index contributed by atoms with van der Waals surface area (Å²) in [6.45, 7) is 6.01. The number of benzene rings is 2. The topological polar surface area (TPSA) is 77.5 Å². The molecule has 0 N–H and O–H groups in total. The maximum Gasteiger partial charge on any atom is 0.643 e. The lowest BCUT2D eigenvalue weighted by Crippen LogP contribution is -2.29. The van der Waals surface area contributed by atoms with Crippen molar-refractivity contribution in [2.24, 2.45) is 0 Å². The van der Waals surface area contributed by atoms with Crippen LogP contribution in [0.3, 0.4) is 0 Å². The highest BCUT2D eigenvalue weighted by Crippen LogP contribution is 2.37. The molecule has 8 nitrogen and oxygen atoms in total. The fourth-order valence-electron chi connectivity index (χ4n) is 3.29. The van der Waals surface area contributed by atoms with Gasteiger partial charge in [0.1, 0.15) is 36.2 Å². The Kier molecular flexibility index (Phi) is 15.3. The SMILES string of the molecule is CC(=O)Cl.COc1cc2c(cc1C(C)=O)N(C)CCO2.COc1ccc2c(c1)OCCN2C.[Cl][Al]([Cl])[Cl]. The van der Waals surface area contributed by atoms with E-state index in [-0.39, 0.29) is 11.0 Å². The zero-order valence-electron chi connectivity index (χ0n) is 21.6. The fraction of sp³-hybridized carbons (Fsp3) is 0.417. The van der Waals surface area contributed by atoms with Gasteiger partial charge in [0.25, 0.3) is 0 Å². The van der Waals surface area contributed by atoms with Gasteiger partial charge in [-0.05, 0) is 36.7 Å². The number of carbonyl (C=O) groups excluding carboxylic acids is 2. The third-order valence-electron chi connectivity index (χ3n) is 5.02. The highest BCUT2D eigenvalue weighted by molar-refractivity contribution is 7.54. The van der Waals surface area contributed by atoms with E-state index in [0.717, 1.165) is 48.3 Å². The molecule has 0 fully saturated rings. The number of likely N-dealkylation sites (N-methyl/N-ethyl adjacent to an activating group) is 2. The Labute approximate surface area is 240 Å². The predicted octanol–water partition coefficient (Wildman–Crippen LogP) is 5.71. The predicted molar refractivity (Wildman–Crippen MR) is 153 cm³/mol. The van der Waals surface area contributed by atoms with Crippen molar-refractivity contribution >= 4 is 75.5 Å². The van der Waals surface area contributed by atoms with Crippen LogP contribution in [0.2, 0.25) is 0 Å². The van der Waals surface area contributed by atoms with E-state index < -0.39 is 11.4 Å². The van der Waals surface area contributed by atoms with Gasteiger partial charge in [0.15, 0.2) is 5.78 Å². The molecule has 0 saturated carbocycles. The van der Waals surface area contributed by atoms with Crippen molar-refractivity contribution in [2.45, 2.75) is 13.8 Å². The summed E-state index contributed by atoms with van der Waals surface area (Å²) >= 11 is 2.91. The number of methoxy groups -OCH3 is 2. The number of hydrogen-bond acceptors (Lipinski definition) is 8. The highest BCUT2D eigenvalue weighted by Gasteiger charge is 2.20. The largest absolute Gasteiger partial charge is 0.643 e. The number of halogens is 4. The van der Waals surface area contributed by atoms with E-state index in [2.05, 4.69) is 28.4 Å². The molecule has 2 aliphatic rings. The molecule has 2 aromatic rings. The molecule has 0 spiro atoms. The van der Waals surface area contributed by atoms with Crippen LogP contribution in [0.15, 0.2) is 30.3 Å². The third kappa shape index (κ3) is 11.7. The quantitative estimate of drug-likeness (QED) is 0.248. The van der Waals surface area contributed by atoms with E-state index in [1.54, 1.807) is 20.3 Å². The first-order valence-electron chi connectivity index (χ1n) is 11.1. The van der Waals surface area contributed by atoms with E-state index in [1.807, 2.05) is 31.3 Å². The minimum Gasteiger partial charge on any atom is -0.497 e. The lowest BCUT2D eigenvalue weighted by atomic mass is 10.1. The maximum absolute atomic E-state index is 11.5. The van der Waals surface area contributed by atoms with Gasteiger partial charge in [-0.15, -0.1) is 0 Å². The Hall–Kier alpha value is -1.73. The number of fused-ring (bicyclic) bond motifs is 2. The van der Waals surface area contributed by atoms with Gasteiger partial charge in [0, 0.05) is 33.2 Å². The lowest BCUT2D eigenvalue weighted by Gasteiger charge is -2.28. The number of carbonyl (C=O) groups is 2. The number of nitrogens with zero attached hydrogens (tertiary/aromatic N) is 2. The molecule has 2 aromatic carbocycles. The molecule has 0 unspecified atom stereocenters. The Morgan fingerprint density at radius 3 is 1.81 bits per heavy atom. The second-order valence-corrected chi connectivity index (χ2v) is 14.6. The number of hydrogen-bond donors (Lipinski definition) is 0. The number of rotatable bonds is 3. The minimum absolute atomic E-state index is 0.00127. The van der Waals surface area contributed by atoms with Crippen molar-refractivity contribution in [3.05, 3.63) is 35.9 Å². The first-order chi connectivity index (χ1) is 17.4. The average molecular weight is 612 g/mol. The van der Waals surface area contributed by atoms with E-state index in [9.17, 15) is 9.59 Å². The molecule has 4 rings (SSSR count). The summed E-state index contributed by atoms with van der Waals surface area (Å²) in [5.41, 5.74) is 2.67. The fourth-order valence-corrected chi connectivity index (χ4v) is 3.29. The number of ether oxygens (including phenoxy) is 4. The summed E-state index contributed by atoms with van der Waals surface area (Å²) < 4.78 is 21.4. The van der Waals surface area contributed by atoms with Gasteiger partial charge in [0.2, 0.25) is 5.24 Å². The standard InChI is InChI=1S/C12H15NO3.C10H13NO2.C2H3ClO.Al.3ClH/c1-8(14)9-6-10-12(7-11(9)15-3)16-5-4-13(10)2;1-11-5-6-13-10-7-8(12-2)3-4-9(10)11;1-2(3)4;;;;/h6-7H,4-5H2,1-3H3;3-4,7H,5-6H2,1-2H3;1H3;;3*1H/q;;;+3;;;/p-3. The van der Waals surface area contributed by atoms with Gasteiger partial charge in [-0.25, -0.2) is 30.1 Å². The molecule has 0 radical (unpaired) electrons. The first-order valence-corrected chi connectivity index (χ1v) is 16.7. The Balaban J connectivity index is 0.000000291. The summed E-state index contributed by atoms with van der Waals surface area (Å²) in [6.07, 6.45) is 0. The van der Waals surface area contributed by atoms with Crippen LogP contribution in [0.25, 0.3) is 0 Å². The van der Waals surface area contributed by atoms with Gasteiger partial charge in [-0.3, -0.25) is 9.59 Å². The zero-order valence-corrected chi connectivity index (χ0v) is 25.8. The zero-order chi connectivity index (χ0) is 28.1.